The first-order chi connectivity index (χ1) is 7.72. The molecule has 0 bridgehead atoms. The summed E-state index contributed by atoms with van der Waals surface area (Å²) in [5.74, 6) is 0. The van der Waals surface area contributed by atoms with E-state index in [1.807, 2.05) is 17.0 Å². The topological polar surface area (TPSA) is 47.3 Å². The molecule has 0 spiro atoms. The largest absolute Gasteiger partial charge is 0.395 e. The van der Waals surface area contributed by atoms with E-state index in [1.54, 1.807) is 12.1 Å². The minimum Gasteiger partial charge on any atom is -0.395 e. The fourth-order valence-corrected chi connectivity index (χ4v) is 1.85. The summed E-state index contributed by atoms with van der Waals surface area (Å²) in [7, 11) is 0. The molecule has 0 aromatic heterocycles. The number of anilines is 1. The number of halogens is 1. The maximum atomic E-state index is 8.95. The molecule has 0 radical (unpaired) electrons. The van der Waals surface area contributed by atoms with Gasteiger partial charge in [0.1, 0.15) is 6.07 Å². The number of rotatable bonds is 5. The van der Waals surface area contributed by atoms with Crippen LogP contribution in [0.25, 0.3) is 0 Å². The van der Waals surface area contributed by atoms with E-state index in [4.69, 9.17) is 10.4 Å². The smallest absolute Gasteiger partial charge is 0.100 e. The molecular weight excluding hydrogens is 268 g/mol. The number of hydrogen-bond donors (Lipinski definition) is 1. The van der Waals surface area contributed by atoms with Gasteiger partial charge in [-0.05, 0) is 34.1 Å². The average Bonchev–Trinajstić information content (AvgIpc) is 2.28. The Balaban J connectivity index is 2.97. The molecule has 3 nitrogen and oxygen atoms in total. The Bertz CT molecular complexity index is 412. The molecule has 1 aromatic carbocycles. The second-order valence-electron chi connectivity index (χ2n) is 3.23. The lowest BCUT2D eigenvalue weighted by atomic mass is 10.2. The Labute approximate surface area is 104 Å². The summed E-state index contributed by atoms with van der Waals surface area (Å²) in [4.78, 5) is 1.99. The molecule has 1 rings (SSSR count). The molecule has 4 heteroatoms. The van der Waals surface area contributed by atoms with E-state index in [0.717, 1.165) is 10.2 Å². The highest BCUT2D eigenvalue weighted by atomic mass is 79.9. The number of nitriles is 1. The molecule has 0 aliphatic rings. The van der Waals surface area contributed by atoms with Gasteiger partial charge in [0, 0.05) is 23.2 Å². The van der Waals surface area contributed by atoms with Crippen LogP contribution in [0.5, 0.6) is 0 Å². The summed E-state index contributed by atoms with van der Waals surface area (Å²) < 4.78 is 0.763. The normalized spacial score (nSPS) is 9.56. The van der Waals surface area contributed by atoms with Crippen LogP contribution in [0.3, 0.4) is 0 Å². The van der Waals surface area contributed by atoms with Gasteiger partial charge in [0.05, 0.1) is 12.2 Å². The van der Waals surface area contributed by atoms with E-state index in [-0.39, 0.29) is 6.61 Å². The third-order valence-corrected chi connectivity index (χ3v) is 2.81. The fraction of sp³-hybridized carbons (Fsp3) is 0.250. The Morgan fingerprint density at radius 2 is 2.31 bits per heavy atom. The van der Waals surface area contributed by atoms with E-state index in [0.29, 0.717) is 18.7 Å². The maximum absolute atomic E-state index is 8.95. The molecule has 0 fully saturated rings. The molecule has 0 aliphatic heterocycles. The van der Waals surface area contributed by atoms with Crippen LogP contribution in [-0.2, 0) is 0 Å². The van der Waals surface area contributed by atoms with Gasteiger partial charge in [-0.1, -0.05) is 6.08 Å². The molecule has 0 amide bonds. The van der Waals surface area contributed by atoms with Crippen LogP contribution in [0.15, 0.2) is 35.3 Å². The van der Waals surface area contributed by atoms with Crippen molar-refractivity contribution < 1.29 is 5.11 Å². The first-order valence-electron chi connectivity index (χ1n) is 4.89. The standard InChI is InChI=1S/C12H13BrN2O/c1-2-5-15(6-7-16)11-4-3-10(9-14)12(13)8-11/h2-4,8,16H,1,5-7H2. The summed E-state index contributed by atoms with van der Waals surface area (Å²) >= 11 is 3.34. The van der Waals surface area contributed by atoms with Gasteiger partial charge < -0.3 is 10.0 Å². The second-order valence-corrected chi connectivity index (χ2v) is 4.09. The zero-order valence-electron chi connectivity index (χ0n) is 8.86. The van der Waals surface area contributed by atoms with Crippen LogP contribution in [0, 0.1) is 11.3 Å². The summed E-state index contributed by atoms with van der Waals surface area (Å²) in [6, 6.07) is 7.58. The van der Waals surface area contributed by atoms with Gasteiger partial charge in [-0.15, -0.1) is 6.58 Å². The van der Waals surface area contributed by atoms with Crippen molar-refractivity contribution in [3.8, 4) is 6.07 Å². The van der Waals surface area contributed by atoms with E-state index in [9.17, 15) is 0 Å². The van der Waals surface area contributed by atoms with E-state index in [1.165, 1.54) is 0 Å². The van der Waals surface area contributed by atoms with Crippen molar-refractivity contribution in [1.82, 2.24) is 0 Å². The van der Waals surface area contributed by atoms with Crippen LogP contribution in [-0.4, -0.2) is 24.8 Å². The lowest BCUT2D eigenvalue weighted by molar-refractivity contribution is 0.303. The highest BCUT2D eigenvalue weighted by molar-refractivity contribution is 9.10. The molecule has 0 aliphatic carbocycles. The number of aliphatic hydroxyl groups excluding tert-OH is 1. The van der Waals surface area contributed by atoms with E-state index in [2.05, 4.69) is 28.6 Å². The maximum Gasteiger partial charge on any atom is 0.100 e. The lowest BCUT2D eigenvalue weighted by Gasteiger charge is -2.22. The molecule has 16 heavy (non-hydrogen) atoms. The zero-order valence-corrected chi connectivity index (χ0v) is 10.4. The molecular formula is C12H13BrN2O. The predicted molar refractivity (Wildman–Crippen MR) is 68.4 cm³/mol. The van der Waals surface area contributed by atoms with Gasteiger partial charge in [0.2, 0.25) is 0 Å². The van der Waals surface area contributed by atoms with Crippen molar-refractivity contribution in [1.29, 1.82) is 5.26 Å². The van der Waals surface area contributed by atoms with Crippen molar-refractivity contribution >= 4 is 21.6 Å². The SMILES string of the molecule is C=CCN(CCO)c1ccc(C#N)c(Br)c1. The van der Waals surface area contributed by atoms with Crippen LogP contribution in [0.1, 0.15) is 5.56 Å². The summed E-state index contributed by atoms with van der Waals surface area (Å²) in [5.41, 5.74) is 1.56. The molecule has 0 saturated carbocycles. The van der Waals surface area contributed by atoms with Gasteiger partial charge in [-0.2, -0.15) is 5.26 Å². The average molecular weight is 281 g/mol. The molecule has 0 heterocycles. The third-order valence-electron chi connectivity index (χ3n) is 2.16. The van der Waals surface area contributed by atoms with E-state index < -0.39 is 0 Å². The van der Waals surface area contributed by atoms with Gasteiger partial charge in [-0.25, -0.2) is 0 Å². The minimum absolute atomic E-state index is 0.0888. The minimum atomic E-state index is 0.0888. The van der Waals surface area contributed by atoms with Crippen molar-refractivity contribution in [2.75, 3.05) is 24.6 Å². The van der Waals surface area contributed by atoms with E-state index >= 15 is 0 Å². The van der Waals surface area contributed by atoms with Gasteiger partial charge in [-0.3, -0.25) is 0 Å². The summed E-state index contributed by atoms with van der Waals surface area (Å²) in [5, 5.41) is 17.8. The molecule has 0 unspecified atom stereocenters. The monoisotopic (exact) mass is 280 g/mol. The van der Waals surface area contributed by atoms with Gasteiger partial charge in [0.25, 0.3) is 0 Å². The number of benzene rings is 1. The first-order valence-corrected chi connectivity index (χ1v) is 5.68. The number of hydrogen-bond acceptors (Lipinski definition) is 3. The second kappa shape index (κ2) is 6.31. The zero-order chi connectivity index (χ0) is 12.0. The van der Waals surface area contributed by atoms with Crippen LogP contribution in [0.4, 0.5) is 5.69 Å². The summed E-state index contributed by atoms with van der Waals surface area (Å²) in [6.45, 7) is 4.98. The number of nitrogens with zero attached hydrogens (tertiary/aromatic N) is 2. The van der Waals surface area contributed by atoms with Crippen LogP contribution < -0.4 is 4.90 Å². The molecule has 0 saturated heterocycles. The fourth-order valence-electron chi connectivity index (χ4n) is 1.39. The Kier molecular flexibility index (Phi) is 5.03. The Morgan fingerprint density at radius 1 is 1.56 bits per heavy atom. The Hall–Kier alpha value is -1.31. The van der Waals surface area contributed by atoms with Gasteiger partial charge in [0.15, 0.2) is 0 Å². The predicted octanol–water partition coefficient (Wildman–Crippen LogP) is 2.31. The van der Waals surface area contributed by atoms with Crippen molar-refractivity contribution in [3.63, 3.8) is 0 Å². The van der Waals surface area contributed by atoms with Crippen LogP contribution in [0.2, 0.25) is 0 Å². The van der Waals surface area contributed by atoms with Crippen molar-refractivity contribution in [2.45, 2.75) is 0 Å². The summed E-state index contributed by atoms with van der Waals surface area (Å²) in [6.07, 6.45) is 1.78. The van der Waals surface area contributed by atoms with Gasteiger partial charge >= 0.3 is 0 Å². The lowest BCUT2D eigenvalue weighted by Crippen LogP contribution is -2.26. The molecule has 1 N–H and O–H groups in total. The molecule has 0 atom stereocenters. The molecule has 84 valence electrons. The Morgan fingerprint density at radius 3 is 2.81 bits per heavy atom. The van der Waals surface area contributed by atoms with Crippen molar-refractivity contribution in [2.24, 2.45) is 0 Å². The highest BCUT2D eigenvalue weighted by Crippen LogP contribution is 2.23. The quantitative estimate of drug-likeness (QED) is 0.842. The molecule has 1 aromatic rings. The first kappa shape index (κ1) is 12.8. The van der Waals surface area contributed by atoms with Crippen molar-refractivity contribution in [3.05, 3.63) is 40.9 Å². The van der Waals surface area contributed by atoms with Crippen LogP contribution >= 0.6 is 15.9 Å². The number of aliphatic hydroxyl groups is 1. The highest BCUT2D eigenvalue weighted by Gasteiger charge is 2.06. The third kappa shape index (κ3) is 3.09.